The Labute approximate surface area is 161 Å². The van der Waals surface area contributed by atoms with Gasteiger partial charge in [0.05, 0.1) is 27.5 Å². The van der Waals surface area contributed by atoms with Crippen molar-refractivity contribution in [2.24, 2.45) is 5.10 Å². The van der Waals surface area contributed by atoms with Crippen LogP contribution in [0.4, 0.5) is 5.82 Å². The number of nitrogens with zero attached hydrogens (tertiary/aromatic N) is 2. The molecule has 0 atom stereocenters. The largest absolute Gasteiger partial charge is 0.496 e. The first kappa shape index (κ1) is 17.6. The molecule has 4 aromatic rings. The van der Waals surface area contributed by atoms with E-state index in [2.05, 4.69) is 25.5 Å². The number of aromatic nitrogens is 3. The third-order valence-electron chi connectivity index (χ3n) is 4.45. The van der Waals surface area contributed by atoms with Gasteiger partial charge in [0.25, 0.3) is 5.82 Å². The maximum absolute atomic E-state index is 5.42. The zero-order valence-corrected chi connectivity index (χ0v) is 15.7. The molecule has 142 valence electrons. The molecule has 0 saturated heterocycles. The van der Waals surface area contributed by atoms with Crippen molar-refractivity contribution in [3.8, 4) is 17.2 Å². The van der Waals surface area contributed by atoms with E-state index in [-0.39, 0.29) is 0 Å². The van der Waals surface area contributed by atoms with E-state index < -0.39 is 0 Å². The molecule has 0 aliphatic rings. The third kappa shape index (κ3) is 3.05. The summed E-state index contributed by atoms with van der Waals surface area (Å²) in [5.41, 5.74) is 6.51. The summed E-state index contributed by atoms with van der Waals surface area (Å²) in [5, 5.41) is 5.40. The lowest BCUT2D eigenvalue weighted by atomic mass is 10.2. The minimum absolute atomic E-state index is 0.590. The Morgan fingerprint density at radius 3 is 2.57 bits per heavy atom. The first-order valence-corrected chi connectivity index (χ1v) is 8.61. The van der Waals surface area contributed by atoms with Gasteiger partial charge in [-0.3, -0.25) is 0 Å². The quantitative estimate of drug-likeness (QED) is 0.397. The van der Waals surface area contributed by atoms with Crippen LogP contribution in [0, 0.1) is 0 Å². The van der Waals surface area contributed by atoms with Gasteiger partial charge in [-0.15, -0.1) is 10.1 Å². The predicted octanol–water partition coefficient (Wildman–Crippen LogP) is 3.00. The average Bonchev–Trinajstić information content (AvgIpc) is 3.13. The van der Waals surface area contributed by atoms with E-state index >= 15 is 0 Å². The fraction of sp³-hybridized carbons (Fsp3) is 0.150. The number of hydrogen-bond donors (Lipinski definition) is 2. The van der Waals surface area contributed by atoms with Gasteiger partial charge in [-0.2, -0.15) is 5.43 Å². The number of ether oxygens (including phenoxy) is 3. The first-order valence-electron chi connectivity index (χ1n) is 8.61. The lowest BCUT2D eigenvalue weighted by Crippen LogP contribution is -2.11. The standard InChI is InChI=1S/C20H19N5O3/c1-26-15-9-17(28-3)16(27-2)8-12(15)10-23-25-20-19-18(21-11-22-20)13-6-4-5-7-14(13)24-19/h4-11,24H,1-3H3,(H,21,22,25)/p+1. The second kappa shape index (κ2) is 7.43. The van der Waals surface area contributed by atoms with Gasteiger partial charge < -0.3 is 19.2 Å². The summed E-state index contributed by atoms with van der Waals surface area (Å²) in [6.45, 7) is 0. The van der Waals surface area contributed by atoms with Crippen molar-refractivity contribution < 1.29 is 19.2 Å². The molecule has 0 amide bonds. The smallest absolute Gasteiger partial charge is 0.270 e. The first-order chi connectivity index (χ1) is 13.7. The van der Waals surface area contributed by atoms with E-state index in [1.165, 1.54) is 0 Å². The monoisotopic (exact) mass is 378 g/mol. The normalized spacial score (nSPS) is 11.2. The average molecular weight is 378 g/mol. The number of rotatable bonds is 6. The van der Waals surface area contributed by atoms with Crippen LogP contribution in [-0.4, -0.2) is 37.5 Å². The van der Waals surface area contributed by atoms with Gasteiger partial charge >= 0.3 is 0 Å². The van der Waals surface area contributed by atoms with E-state index in [1.54, 1.807) is 46.0 Å². The zero-order valence-electron chi connectivity index (χ0n) is 15.7. The number of H-pyrrole nitrogens is 2. The Balaban J connectivity index is 1.67. The summed E-state index contributed by atoms with van der Waals surface area (Å²) >= 11 is 0. The molecule has 0 aliphatic carbocycles. The van der Waals surface area contributed by atoms with Crippen molar-refractivity contribution in [1.82, 2.24) is 9.97 Å². The van der Waals surface area contributed by atoms with Crippen molar-refractivity contribution in [2.45, 2.75) is 0 Å². The highest BCUT2D eigenvalue weighted by Crippen LogP contribution is 2.33. The van der Waals surface area contributed by atoms with E-state index in [4.69, 9.17) is 14.2 Å². The molecule has 0 radical (unpaired) electrons. The molecule has 2 aromatic carbocycles. The zero-order chi connectivity index (χ0) is 19.5. The lowest BCUT2D eigenvalue weighted by Gasteiger charge is -2.11. The van der Waals surface area contributed by atoms with E-state index in [0.29, 0.717) is 23.1 Å². The molecule has 28 heavy (non-hydrogen) atoms. The molecule has 3 N–H and O–H groups in total. The molecule has 0 aliphatic heterocycles. The van der Waals surface area contributed by atoms with Crippen LogP contribution in [0.25, 0.3) is 21.9 Å². The fourth-order valence-electron chi connectivity index (χ4n) is 3.08. The molecule has 2 heterocycles. The number of fused-ring (bicyclic) bond motifs is 3. The van der Waals surface area contributed by atoms with E-state index in [0.717, 1.165) is 27.5 Å². The molecule has 4 rings (SSSR count). The van der Waals surface area contributed by atoms with Gasteiger partial charge in [0.1, 0.15) is 5.75 Å². The van der Waals surface area contributed by atoms with Gasteiger partial charge in [0.15, 0.2) is 22.5 Å². The number of hydrogen-bond acceptors (Lipinski definition) is 6. The van der Waals surface area contributed by atoms with Crippen molar-refractivity contribution >= 4 is 34.0 Å². The lowest BCUT2D eigenvalue weighted by molar-refractivity contribution is -0.364. The number of methoxy groups -OCH3 is 3. The topological polar surface area (TPSA) is 94.9 Å². The summed E-state index contributed by atoms with van der Waals surface area (Å²) in [5.74, 6) is 2.51. The van der Waals surface area contributed by atoms with Gasteiger partial charge in [-0.05, 0) is 18.2 Å². The third-order valence-corrected chi connectivity index (χ3v) is 4.45. The Hall–Kier alpha value is -3.81. The molecule has 8 heteroatoms. The molecule has 0 fully saturated rings. The van der Waals surface area contributed by atoms with E-state index in [9.17, 15) is 0 Å². The molecular formula is C20H20N5O3+. The van der Waals surface area contributed by atoms with Crippen LogP contribution in [0.5, 0.6) is 17.2 Å². The molecule has 0 unspecified atom stereocenters. The Bertz CT molecular complexity index is 1170. The minimum Gasteiger partial charge on any atom is -0.496 e. The van der Waals surface area contributed by atoms with Gasteiger partial charge in [0.2, 0.25) is 6.33 Å². The van der Waals surface area contributed by atoms with Crippen molar-refractivity contribution in [3.63, 3.8) is 0 Å². The number of benzene rings is 2. The number of para-hydroxylation sites is 1. The number of hydrazone groups is 1. The fourth-order valence-corrected chi connectivity index (χ4v) is 3.08. The molecule has 8 nitrogen and oxygen atoms in total. The maximum atomic E-state index is 5.42. The highest BCUT2D eigenvalue weighted by molar-refractivity contribution is 6.07. The molecule has 0 saturated carbocycles. The van der Waals surface area contributed by atoms with Crippen LogP contribution in [0.15, 0.2) is 47.8 Å². The Kier molecular flexibility index (Phi) is 4.67. The maximum Gasteiger partial charge on any atom is 0.270 e. The van der Waals surface area contributed by atoms with Crippen LogP contribution < -0.4 is 24.6 Å². The van der Waals surface area contributed by atoms with Crippen molar-refractivity contribution in [2.75, 3.05) is 26.8 Å². The summed E-state index contributed by atoms with van der Waals surface area (Å²) in [4.78, 5) is 10.9. The summed E-state index contributed by atoms with van der Waals surface area (Å²) in [6, 6.07) is 11.6. The predicted molar refractivity (Wildman–Crippen MR) is 107 cm³/mol. The van der Waals surface area contributed by atoms with Crippen LogP contribution >= 0.6 is 0 Å². The second-order valence-corrected chi connectivity index (χ2v) is 5.99. The molecule has 0 bridgehead atoms. The second-order valence-electron chi connectivity index (χ2n) is 5.99. The minimum atomic E-state index is 0.590. The Morgan fingerprint density at radius 1 is 1.04 bits per heavy atom. The van der Waals surface area contributed by atoms with Gasteiger partial charge in [-0.25, -0.2) is 4.98 Å². The summed E-state index contributed by atoms with van der Waals surface area (Å²) < 4.78 is 16.1. The molecule has 0 spiro atoms. The van der Waals surface area contributed by atoms with Gasteiger partial charge in [-0.1, -0.05) is 12.1 Å². The Morgan fingerprint density at radius 2 is 1.79 bits per heavy atom. The van der Waals surface area contributed by atoms with E-state index in [1.807, 2.05) is 24.3 Å². The number of anilines is 1. The van der Waals surface area contributed by atoms with Crippen LogP contribution in [0.3, 0.4) is 0 Å². The molecular weight excluding hydrogens is 358 g/mol. The van der Waals surface area contributed by atoms with Crippen molar-refractivity contribution in [3.05, 3.63) is 48.3 Å². The summed E-state index contributed by atoms with van der Waals surface area (Å²) in [7, 11) is 4.76. The number of nitrogens with one attached hydrogen (secondary N) is 3. The highest BCUT2D eigenvalue weighted by atomic mass is 16.5. The summed E-state index contributed by atoms with van der Waals surface area (Å²) in [6.07, 6.45) is 3.29. The van der Waals surface area contributed by atoms with Crippen LogP contribution in [0.2, 0.25) is 0 Å². The van der Waals surface area contributed by atoms with Gasteiger partial charge in [0, 0.05) is 22.5 Å². The van der Waals surface area contributed by atoms with Crippen molar-refractivity contribution in [1.29, 1.82) is 0 Å². The SMILES string of the molecule is COc1cc(OC)c(OC)cc1C=NNc1[nH+]cnc2c1[nH]c1ccccc12. The number of aromatic amines is 2. The highest BCUT2D eigenvalue weighted by Gasteiger charge is 2.15. The van der Waals surface area contributed by atoms with Crippen LogP contribution in [0.1, 0.15) is 5.56 Å². The van der Waals surface area contributed by atoms with Crippen LogP contribution in [-0.2, 0) is 0 Å². The molecule has 2 aromatic heterocycles.